The average molecular weight is 628 g/mol. The summed E-state index contributed by atoms with van der Waals surface area (Å²) in [6.07, 6.45) is 0. The van der Waals surface area contributed by atoms with Gasteiger partial charge in [-0.1, -0.05) is 140 Å². The van der Waals surface area contributed by atoms with E-state index in [1.807, 2.05) is 0 Å². The summed E-state index contributed by atoms with van der Waals surface area (Å²) >= 11 is 0. The molecule has 2 heteroatoms. The largest absolute Gasteiger partial charge is 0.455 e. The van der Waals surface area contributed by atoms with E-state index in [1.54, 1.807) is 0 Å². The van der Waals surface area contributed by atoms with Gasteiger partial charge in [-0.25, -0.2) is 0 Å². The zero-order valence-corrected chi connectivity index (χ0v) is 27.4. The van der Waals surface area contributed by atoms with E-state index in [2.05, 4.69) is 176 Å². The number of hydrogen-bond acceptors (Lipinski definition) is 1. The summed E-state index contributed by atoms with van der Waals surface area (Å²) in [7, 11) is 0. The molecule has 10 aromatic rings. The number of hydrogen-bond donors (Lipinski definition) is 0. The molecule has 0 aliphatic heterocycles. The lowest BCUT2D eigenvalue weighted by Gasteiger charge is -2.16. The predicted octanol–water partition coefficient (Wildman–Crippen LogP) is 13.6. The number of aromatic nitrogens is 1. The van der Waals surface area contributed by atoms with Crippen LogP contribution in [0, 0.1) is 0 Å². The zero-order chi connectivity index (χ0) is 32.6. The van der Waals surface area contributed by atoms with Crippen LogP contribution in [-0.2, 0) is 0 Å². The van der Waals surface area contributed by atoms with Crippen LogP contribution in [-0.4, -0.2) is 4.57 Å². The van der Waals surface area contributed by atoms with E-state index in [0.29, 0.717) is 6.04 Å². The quantitative estimate of drug-likeness (QED) is 0.190. The van der Waals surface area contributed by atoms with Gasteiger partial charge in [-0.3, -0.25) is 0 Å². The average Bonchev–Trinajstić information content (AvgIpc) is 3.69. The van der Waals surface area contributed by atoms with Crippen molar-refractivity contribution >= 4 is 65.3 Å². The Morgan fingerprint density at radius 2 is 1.04 bits per heavy atom. The number of benzene rings is 8. The Bertz CT molecular complexity index is 2900. The number of furan rings is 1. The molecule has 2 heterocycles. The molecule has 0 fully saturated rings. The zero-order valence-electron chi connectivity index (χ0n) is 27.4. The molecule has 10 rings (SSSR count). The minimum Gasteiger partial charge on any atom is -0.455 e. The van der Waals surface area contributed by atoms with Gasteiger partial charge >= 0.3 is 0 Å². The molecule has 0 bridgehead atoms. The van der Waals surface area contributed by atoms with Gasteiger partial charge in [-0.2, -0.15) is 0 Å². The molecule has 0 atom stereocenters. The lowest BCUT2D eigenvalue weighted by atomic mass is 9.87. The molecule has 0 saturated carbocycles. The van der Waals surface area contributed by atoms with Crippen molar-refractivity contribution < 1.29 is 4.42 Å². The van der Waals surface area contributed by atoms with Crippen LogP contribution < -0.4 is 0 Å². The van der Waals surface area contributed by atoms with Gasteiger partial charge < -0.3 is 8.98 Å². The molecule has 0 saturated heterocycles. The first-order valence-corrected chi connectivity index (χ1v) is 17.1. The molecule has 0 spiro atoms. The number of nitrogens with zero attached hydrogens (tertiary/aromatic N) is 1. The minimum absolute atomic E-state index is 0.323. The van der Waals surface area contributed by atoms with Crippen molar-refractivity contribution in [1.82, 2.24) is 4.57 Å². The van der Waals surface area contributed by atoms with Crippen LogP contribution in [0.1, 0.15) is 19.9 Å². The Balaban J connectivity index is 1.26. The lowest BCUT2D eigenvalue weighted by Crippen LogP contribution is -1.99. The molecule has 232 valence electrons. The molecule has 0 N–H and O–H groups in total. The Labute approximate surface area is 284 Å². The van der Waals surface area contributed by atoms with Crippen molar-refractivity contribution in [1.29, 1.82) is 0 Å². The smallest absolute Gasteiger partial charge is 0.144 e. The number of fused-ring (bicyclic) bond motifs is 8. The highest BCUT2D eigenvalue weighted by molar-refractivity contribution is 6.27. The highest BCUT2D eigenvalue weighted by Gasteiger charge is 2.23. The first-order chi connectivity index (χ1) is 24.2. The standard InChI is InChI=1S/C47H33NO/c1-29(2)48-41-20-9-7-15-36(41)37-27-26-33(28-42(37)48)44-38-16-5-6-17-39(38)45(47-46(44)40-18-8-10-21-43(40)49-47)32-24-22-31(23-25-32)35-19-11-13-30-12-3-4-14-34(30)35/h3-29H,1-2H3. The first kappa shape index (κ1) is 27.9. The molecule has 0 amide bonds. The van der Waals surface area contributed by atoms with Crippen LogP contribution in [0.4, 0.5) is 0 Å². The van der Waals surface area contributed by atoms with Crippen LogP contribution in [0.2, 0.25) is 0 Å². The van der Waals surface area contributed by atoms with Crippen molar-refractivity contribution in [3.05, 3.63) is 158 Å². The van der Waals surface area contributed by atoms with Gasteiger partial charge in [0.05, 0.1) is 0 Å². The maximum absolute atomic E-state index is 6.87. The van der Waals surface area contributed by atoms with E-state index in [-0.39, 0.29) is 0 Å². The van der Waals surface area contributed by atoms with Crippen molar-refractivity contribution in [3.8, 4) is 33.4 Å². The molecular weight excluding hydrogens is 595 g/mol. The fourth-order valence-electron chi connectivity index (χ4n) is 8.24. The summed E-state index contributed by atoms with van der Waals surface area (Å²) in [6, 6.07) is 57.6. The second-order valence-corrected chi connectivity index (χ2v) is 13.4. The van der Waals surface area contributed by atoms with Crippen molar-refractivity contribution in [2.24, 2.45) is 0 Å². The summed E-state index contributed by atoms with van der Waals surface area (Å²) in [5.41, 5.74) is 11.5. The third-order valence-electron chi connectivity index (χ3n) is 10.3. The van der Waals surface area contributed by atoms with Crippen molar-refractivity contribution in [2.75, 3.05) is 0 Å². The predicted molar refractivity (Wildman–Crippen MR) is 208 cm³/mol. The SMILES string of the molecule is CC(C)n1c2ccccc2c2ccc(-c3c4ccccc4c(-c4ccc(-c5cccc6ccccc56)cc4)c4oc5ccccc5c34)cc21. The van der Waals surface area contributed by atoms with Gasteiger partial charge in [0.1, 0.15) is 11.2 Å². The number of rotatable bonds is 4. The normalized spacial score (nSPS) is 12.1. The third kappa shape index (κ3) is 4.14. The van der Waals surface area contributed by atoms with E-state index in [9.17, 15) is 0 Å². The van der Waals surface area contributed by atoms with Crippen LogP contribution in [0.15, 0.2) is 162 Å². The van der Waals surface area contributed by atoms with Crippen LogP contribution in [0.3, 0.4) is 0 Å². The van der Waals surface area contributed by atoms with E-state index in [4.69, 9.17) is 4.42 Å². The molecule has 49 heavy (non-hydrogen) atoms. The Kier molecular flexibility index (Phi) is 6.10. The van der Waals surface area contributed by atoms with Gasteiger partial charge in [-0.05, 0) is 75.8 Å². The van der Waals surface area contributed by atoms with Crippen LogP contribution in [0.5, 0.6) is 0 Å². The molecule has 8 aromatic carbocycles. The van der Waals surface area contributed by atoms with Crippen LogP contribution in [0.25, 0.3) is 98.7 Å². The van der Waals surface area contributed by atoms with Gasteiger partial charge in [0.2, 0.25) is 0 Å². The molecule has 0 aliphatic rings. The third-order valence-corrected chi connectivity index (χ3v) is 10.3. The van der Waals surface area contributed by atoms with Gasteiger partial charge in [0.25, 0.3) is 0 Å². The van der Waals surface area contributed by atoms with Gasteiger partial charge in [0, 0.05) is 49.7 Å². The molecule has 2 nitrogen and oxygen atoms in total. The molecular formula is C47H33NO. The van der Waals surface area contributed by atoms with E-state index < -0.39 is 0 Å². The summed E-state index contributed by atoms with van der Waals surface area (Å²) in [5, 5.41) is 9.80. The van der Waals surface area contributed by atoms with Crippen LogP contribution >= 0.6 is 0 Å². The van der Waals surface area contributed by atoms with Gasteiger partial charge in [0.15, 0.2) is 0 Å². The molecule has 0 aliphatic carbocycles. The topological polar surface area (TPSA) is 18.1 Å². The highest BCUT2D eigenvalue weighted by Crippen LogP contribution is 2.48. The molecule has 0 radical (unpaired) electrons. The summed E-state index contributed by atoms with van der Waals surface area (Å²) in [4.78, 5) is 0. The summed E-state index contributed by atoms with van der Waals surface area (Å²) < 4.78 is 9.35. The lowest BCUT2D eigenvalue weighted by molar-refractivity contribution is 0.642. The monoisotopic (exact) mass is 627 g/mol. The fourth-order valence-corrected chi connectivity index (χ4v) is 8.24. The van der Waals surface area contributed by atoms with Crippen molar-refractivity contribution in [3.63, 3.8) is 0 Å². The molecule has 2 aromatic heterocycles. The summed E-state index contributed by atoms with van der Waals surface area (Å²) in [5.74, 6) is 0. The maximum Gasteiger partial charge on any atom is 0.144 e. The van der Waals surface area contributed by atoms with E-state index >= 15 is 0 Å². The Morgan fingerprint density at radius 3 is 1.84 bits per heavy atom. The van der Waals surface area contributed by atoms with Gasteiger partial charge in [-0.15, -0.1) is 0 Å². The van der Waals surface area contributed by atoms with E-state index in [0.717, 1.165) is 33.1 Å². The molecule has 0 unspecified atom stereocenters. The van der Waals surface area contributed by atoms with E-state index in [1.165, 1.54) is 65.6 Å². The second kappa shape index (κ2) is 10.7. The van der Waals surface area contributed by atoms with Crippen molar-refractivity contribution in [2.45, 2.75) is 19.9 Å². The second-order valence-electron chi connectivity index (χ2n) is 13.4. The fraction of sp³-hybridized carbons (Fsp3) is 0.0638. The minimum atomic E-state index is 0.323. The summed E-state index contributed by atoms with van der Waals surface area (Å²) in [6.45, 7) is 4.55. The Hall–Kier alpha value is -6.12. The highest BCUT2D eigenvalue weighted by atomic mass is 16.3. The number of para-hydroxylation sites is 2. The first-order valence-electron chi connectivity index (χ1n) is 17.1. The maximum atomic E-state index is 6.87. The Morgan fingerprint density at radius 1 is 0.449 bits per heavy atom.